The Morgan fingerprint density at radius 2 is 2.10 bits per heavy atom. The van der Waals surface area contributed by atoms with E-state index >= 15 is 0 Å². The molecule has 0 saturated carbocycles. The third-order valence-electron chi connectivity index (χ3n) is 3.65. The number of halogens is 3. The van der Waals surface area contributed by atoms with Crippen molar-refractivity contribution in [3.8, 4) is 0 Å². The molecule has 2 unspecified atom stereocenters. The van der Waals surface area contributed by atoms with Gasteiger partial charge in [-0.2, -0.15) is 13.2 Å². The van der Waals surface area contributed by atoms with Crippen LogP contribution < -0.4 is 5.32 Å². The average molecular weight is 287 g/mol. The van der Waals surface area contributed by atoms with Gasteiger partial charge in [-0.25, -0.2) is 0 Å². The predicted octanol–water partition coefficient (Wildman–Crippen LogP) is 3.78. The SMILES string of the molecule is CCCNC(c1ccccc1C(F)(F)F)C1CCOC1. The molecule has 0 aliphatic carbocycles. The van der Waals surface area contributed by atoms with E-state index in [1.807, 2.05) is 6.92 Å². The summed E-state index contributed by atoms with van der Waals surface area (Å²) < 4.78 is 44.8. The van der Waals surface area contributed by atoms with E-state index in [2.05, 4.69) is 5.32 Å². The predicted molar refractivity (Wildman–Crippen MR) is 71.4 cm³/mol. The molecule has 2 nitrogen and oxygen atoms in total. The minimum Gasteiger partial charge on any atom is -0.381 e. The van der Waals surface area contributed by atoms with Gasteiger partial charge in [0.05, 0.1) is 12.2 Å². The van der Waals surface area contributed by atoms with Gasteiger partial charge in [-0.15, -0.1) is 0 Å². The van der Waals surface area contributed by atoms with Crippen LogP contribution in [0.5, 0.6) is 0 Å². The molecule has 0 aromatic heterocycles. The summed E-state index contributed by atoms with van der Waals surface area (Å²) in [5, 5.41) is 3.26. The zero-order valence-corrected chi connectivity index (χ0v) is 11.5. The number of alkyl halides is 3. The van der Waals surface area contributed by atoms with Gasteiger partial charge in [-0.1, -0.05) is 25.1 Å². The maximum atomic E-state index is 13.2. The van der Waals surface area contributed by atoms with Gasteiger partial charge in [-0.05, 0) is 31.0 Å². The van der Waals surface area contributed by atoms with Gasteiger partial charge in [0.1, 0.15) is 0 Å². The zero-order chi connectivity index (χ0) is 14.6. The molecule has 1 aliphatic rings. The highest BCUT2D eigenvalue weighted by Crippen LogP contribution is 2.38. The first-order valence-corrected chi connectivity index (χ1v) is 7.01. The van der Waals surface area contributed by atoms with Crippen molar-refractivity contribution in [2.75, 3.05) is 19.8 Å². The van der Waals surface area contributed by atoms with Gasteiger partial charge >= 0.3 is 6.18 Å². The van der Waals surface area contributed by atoms with Crippen molar-refractivity contribution in [1.29, 1.82) is 0 Å². The Bertz CT molecular complexity index is 427. The third kappa shape index (κ3) is 3.52. The summed E-state index contributed by atoms with van der Waals surface area (Å²) in [6, 6.07) is 5.55. The topological polar surface area (TPSA) is 21.3 Å². The number of benzene rings is 1. The van der Waals surface area contributed by atoms with Crippen molar-refractivity contribution in [1.82, 2.24) is 5.32 Å². The molecule has 20 heavy (non-hydrogen) atoms. The highest BCUT2D eigenvalue weighted by molar-refractivity contribution is 5.33. The molecule has 1 N–H and O–H groups in total. The van der Waals surface area contributed by atoms with E-state index in [0.717, 1.165) is 18.9 Å². The molecule has 112 valence electrons. The summed E-state index contributed by atoms with van der Waals surface area (Å²) in [7, 11) is 0. The number of rotatable bonds is 5. The third-order valence-corrected chi connectivity index (χ3v) is 3.65. The quantitative estimate of drug-likeness (QED) is 0.890. The molecule has 1 aromatic rings. The van der Waals surface area contributed by atoms with Gasteiger partial charge in [0, 0.05) is 18.6 Å². The van der Waals surface area contributed by atoms with Crippen molar-refractivity contribution in [3.05, 3.63) is 35.4 Å². The van der Waals surface area contributed by atoms with Crippen LogP contribution in [0, 0.1) is 5.92 Å². The van der Waals surface area contributed by atoms with Gasteiger partial charge < -0.3 is 10.1 Å². The van der Waals surface area contributed by atoms with Crippen LogP contribution in [0.3, 0.4) is 0 Å². The Labute approximate surface area is 117 Å². The minimum atomic E-state index is -4.32. The molecule has 2 rings (SSSR count). The van der Waals surface area contributed by atoms with Crippen LogP contribution in [0.25, 0.3) is 0 Å². The summed E-state index contributed by atoms with van der Waals surface area (Å²) in [4.78, 5) is 0. The van der Waals surface area contributed by atoms with E-state index in [-0.39, 0.29) is 12.0 Å². The second kappa shape index (κ2) is 6.59. The van der Waals surface area contributed by atoms with Gasteiger partial charge in [0.15, 0.2) is 0 Å². The fourth-order valence-corrected chi connectivity index (χ4v) is 2.67. The normalized spacial score (nSPS) is 21.1. The molecule has 5 heteroatoms. The van der Waals surface area contributed by atoms with E-state index < -0.39 is 11.7 Å². The van der Waals surface area contributed by atoms with E-state index in [9.17, 15) is 13.2 Å². The average Bonchev–Trinajstić information content (AvgIpc) is 2.92. The van der Waals surface area contributed by atoms with E-state index in [0.29, 0.717) is 25.3 Å². The molecule has 0 radical (unpaired) electrons. The molecular weight excluding hydrogens is 267 g/mol. The molecule has 1 aliphatic heterocycles. The van der Waals surface area contributed by atoms with E-state index in [4.69, 9.17) is 4.74 Å². The molecular formula is C15H20F3NO. The largest absolute Gasteiger partial charge is 0.416 e. The molecule has 1 saturated heterocycles. The Morgan fingerprint density at radius 1 is 1.35 bits per heavy atom. The number of hydrogen-bond acceptors (Lipinski definition) is 2. The Morgan fingerprint density at radius 3 is 2.70 bits per heavy atom. The van der Waals surface area contributed by atoms with Crippen LogP contribution in [0.1, 0.15) is 36.9 Å². The smallest absolute Gasteiger partial charge is 0.381 e. The monoisotopic (exact) mass is 287 g/mol. The highest BCUT2D eigenvalue weighted by atomic mass is 19.4. The fraction of sp³-hybridized carbons (Fsp3) is 0.600. The Hall–Kier alpha value is -1.07. The lowest BCUT2D eigenvalue weighted by Crippen LogP contribution is -2.31. The van der Waals surface area contributed by atoms with Gasteiger partial charge in [0.2, 0.25) is 0 Å². The second-order valence-electron chi connectivity index (χ2n) is 5.14. The molecule has 1 heterocycles. The van der Waals surface area contributed by atoms with E-state index in [1.54, 1.807) is 12.1 Å². The Kier molecular flexibility index (Phi) is 5.05. The van der Waals surface area contributed by atoms with Crippen LogP contribution in [0.2, 0.25) is 0 Å². The maximum absolute atomic E-state index is 13.2. The summed E-state index contributed by atoms with van der Waals surface area (Å²) >= 11 is 0. The van der Waals surface area contributed by atoms with E-state index in [1.165, 1.54) is 6.07 Å². The molecule has 0 spiro atoms. The van der Waals surface area contributed by atoms with Crippen LogP contribution in [0.4, 0.5) is 13.2 Å². The lowest BCUT2D eigenvalue weighted by Gasteiger charge is -2.27. The number of ether oxygens (including phenoxy) is 1. The Balaban J connectivity index is 2.32. The highest BCUT2D eigenvalue weighted by Gasteiger charge is 2.37. The van der Waals surface area contributed by atoms with Crippen molar-refractivity contribution < 1.29 is 17.9 Å². The number of nitrogens with one attached hydrogen (secondary N) is 1. The van der Waals surface area contributed by atoms with Crippen molar-refractivity contribution in [2.45, 2.75) is 32.0 Å². The summed E-state index contributed by atoms with van der Waals surface area (Å²) in [5.41, 5.74) is -0.204. The lowest BCUT2D eigenvalue weighted by atomic mass is 9.89. The van der Waals surface area contributed by atoms with Crippen LogP contribution >= 0.6 is 0 Å². The van der Waals surface area contributed by atoms with Crippen molar-refractivity contribution in [3.63, 3.8) is 0 Å². The first-order valence-electron chi connectivity index (χ1n) is 7.01. The molecule has 0 amide bonds. The first kappa shape index (κ1) is 15.3. The zero-order valence-electron chi connectivity index (χ0n) is 11.5. The van der Waals surface area contributed by atoms with Crippen molar-refractivity contribution in [2.24, 2.45) is 5.92 Å². The fourth-order valence-electron chi connectivity index (χ4n) is 2.67. The van der Waals surface area contributed by atoms with Gasteiger partial charge in [-0.3, -0.25) is 0 Å². The van der Waals surface area contributed by atoms with Gasteiger partial charge in [0.25, 0.3) is 0 Å². The lowest BCUT2D eigenvalue weighted by molar-refractivity contribution is -0.138. The molecule has 1 fully saturated rings. The molecule has 0 bridgehead atoms. The van der Waals surface area contributed by atoms with Crippen LogP contribution in [0.15, 0.2) is 24.3 Å². The first-order chi connectivity index (χ1) is 9.54. The molecule has 2 atom stereocenters. The van der Waals surface area contributed by atoms with Crippen LogP contribution in [-0.4, -0.2) is 19.8 Å². The number of hydrogen-bond donors (Lipinski definition) is 1. The minimum absolute atomic E-state index is 0.102. The van der Waals surface area contributed by atoms with Crippen molar-refractivity contribution >= 4 is 0 Å². The molecule has 1 aromatic carbocycles. The standard InChI is InChI=1S/C15H20F3NO/c1-2-8-19-14(11-7-9-20-10-11)12-5-3-4-6-13(12)15(16,17)18/h3-6,11,14,19H,2,7-10H2,1H3. The summed E-state index contributed by atoms with van der Waals surface area (Å²) in [6.45, 7) is 3.86. The summed E-state index contributed by atoms with van der Waals surface area (Å²) in [6.07, 6.45) is -2.63. The van der Waals surface area contributed by atoms with Crippen LogP contribution in [-0.2, 0) is 10.9 Å². The second-order valence-corrected chi connectivity index (χ2v) is 5.14. The summed E-state index contributed by atoms with van der Waals surface area (Å²) in [5.74, 6) is 0.102. The maximum Gasteiger partial charge on any atom is 0.416 e.